The predicted octanol–water partition coefficient (Wildman–Crippen LogP) is -0.461. The van der Waals surface area contributed by atoms with Gasteiger partial charge in [0, 0.05) is 16.9 Å². The maximum atomic E-state index is 10.0. The minimum absolute atomic E-state index is 1.15. The van der Waals surface area contributed by atoms with Crippen LogP contribution in [0, 0.1) is 0 Å². The Hall–Kier alpha value is -0.940. The van der Waals surface area contributed by atoms with Crippen LogP contribution in [0.15, 0.2) is 30.6 Å². The molecule has 0 saturated carbocycles. The molecule has 0 spiro atoms. The molecule has 0 aliphatic rings. The molecule has 54 valence electrons. The number of aromatic nitrogens is 1. The van der Waals surface area contributed by atoms with Gasteiger partial charge in [0.1, 0.15) is 0 Å². The van der Waals surface area contributed by atoms with Crippen molar-refractivity contribution in [2.75, 3.05) is 0 Å². The van der Waals surface area contributed by atoms with E-state index in [1.807, 2.05) is 0 Å². The lowest BCUT2D eigenvalue weighted by Crippen LogP contribution is -2.42. The summed E-state index contributed by atoms with van der Waals surface area (Å²) in [5.74, 6) is 0. The Morgan fingerprint density at radius 1 is 1.30 bits per heavy atom. The summed E-state index contributed by atoms with van der Waals surface area (Å²) in [7, 11) is 0. The molecular weight excluding hydrogens is 154 g/mol. The van der Waals surface area contributed by atoms with Crippen molar-refractivity contribution in [3.05, 3.63) is 30.6 Å². The number of hydrogen-bond acceptors (Lipinski definition) is 2. The molecule has 1 atom stereocenters. The molecule has 10 heavy (non-hydrogen) atoms. The molecule has 1 N–H and O–H groups in total. The Kier molecular flexibility index (Phi) is 2.35. The second kappa shape index (κ2) is 3.28. The summed E-state index contributed by atoms with van der Waals surface area (Å²) in [6.45, 7) is 0. The van der Waals surface area contributed by atoms with Gasteiger partial charge < -0.3 is 0 Å². The molecule has 0 aliphatic carbocycles. The Labute approximate surface area is 60.5 Å². The Balaban J connectivity index is 2.67. The zero-order valence-corrected chi connectivity index (χ0v) is 5.82. The first kappa shape index (κ1) is 7.17. The van der Waals surface area contributed by atoms with Crippen LogP contribution in [-0.2, 0) is 11.4 Å². The van der Waals surface area contributed by atoms with Gasteiger partial charge in [-0.2, -0.15) is 4.21 Å². The topological polar surface area (TPSA) is 50.4 Å². The number of pyridine rings is 1. The summed E-state index contributed by atoms with van der Waals surface area (Å²) < 4.78 is 23.8. The monoisotopic (exact) mass is 160 g/mol. The van der Waals surface area contributed by atoms with Crippen LogP contribution in [0.3, 0.4) is 0 Å². The van der Waals surface area contributed by atoms with E-state index in [1.165, 1.54) is 12.4 Å². The van der Waals surface area contributed by atoms with Crippen molar-refractivity contribution in [1.82, 2.24) is 0 Å². The fourth-order valence-corrected chi connectivity index (χ4v) is 0.753. The third-order valence-electron chi connectivity index (χ3n) is 0.838. The third-order valence-corrected chi connectivity index (χ3v) is 1.14. The predicted molar refractivity (Wildman–Crippen MR) is 34.0 cm³/mol. The average Bonchev–Trinajstić information content (AvgIpc) is 1.88. The summed E-state index contributed by atoms with van der Waals surface area (Å²) in [6, 6.07) is 5.15. The molecule has 4 nitrogen and oxygen atoms in total. The van der Waals surface area contributed by atoms with E-state index in [2.05, 4.69) is 4.28 Å². The van der Waals surface area contributed by atoms with Gasteiger partial charge in [-0.3, -0.25) is 4.55 Å². The highest BCUT2D eigenvalue weighted by molar-refractivity contribution is 7.74. The van der Waals surface area contributed by atoms with Crippen molar-refractivity contribution in [2.24, 2.45) is 0 Å². The summed E-state index contributed by atoms with van der Waals surface area (Å²) in [5.41, 5.74) is 0. The van der Waals surface area contributed by atoms with Gasteiger partial charge in [0.2, 0.25) is 12.4 Å². The highest BCUT2D eigenvalue weighted by Gasteiger charge is 2.01. The number of hydrogen-bond donors (Lipinski definition) is 1. The van der Waals surface area contributed by atoms with E-state index in [0.29, 0.717) is 0 Å². The first-order chi connectivity index (χ1) is 4.79. The molecule has 1 rings (SSSR count). The van der Waals surface area contributed by atoms with Crippen LogP contribution in [-0.4, -0.2) is 8.76 Å². The zero-order chi connectivity index (χ0) is 7.40. The summed E-state index contributed by atoms with van der Waals surface area (Å²) in [4.78, 5) is 0. The first-order valence-corrected chi connectivity index (χ1v) is 3.58. The van der Waals surface area contributed by atoms with E-state index >= 15 is 0 Å². The smallest absolute Gasteiger partial charge is 0.270 e. The maximum absolute atomic E-state index is 10.0. The molecule has 0 amide bonds. The van der Waals surface area contributed by atoms with Gasteiger partial charge in [0.25, 0.3) is 0 Å². The quantitative estimate of drug-likeness (QED) is 0.470. The third kappa shape index (κ3) is 2.12. The van der Waals surface area contributed by atoms with Crippen molar-refractivity contribution in [3.63, 3.8) is 0 Å². The fourth-order valence-electron chi connectivity index (χ4n) is 0.506. The van der Waals surface area contributed by atoms with Crippen LogP contribution in [0.2, 0.25) is 0 Å². The Bertz CT molecular complexity index is 226. The van der Waals surface area contributed by atoms with Crippen LogP contribution < -0.4 is 9.01 Å². The van der Waals surface area contributed by atoms with Gasteiger partial charge in [-0.15, -0.1) is 4.28 Å². The van der Waals surface area contributed by atoms with E-state index in [0.717, 1.165) is 4.73 Å². The van der Waals surface area contributed by atoms with Crippen molar-refractivity contribution in [2.45, 2.75) is 0 Å². The molecule has 5 heteroatoms. The van der Waals surface area contributed by atoms with E-state index in [4.69, 9.17) is 4.55 Å². The largest absolute Gasteiger partial charge is 0.421 e. The molecule has 0 aliphatic heterocycles. The normalized spacial score (nSPS) is 12.5. The second-order valence-electron chi connectivity index (χ2n) is 1.53. The average molecular weight is 160 g/mol. The lowest BCUT2D eigenvalue weighted by molar-refractivity contribution is -0.856. The van der Waals surface area contributed by atoms with Gasteiger partial charge in [-0.1, -0.05) is 6.07 Å². The van der Waals surface area contributed by atoms with Crippen LogP contribution in [0.4, 0.5) is 0 Å². The minimum atomic E-state index is -2.25. The van der Waals surface area contributed by atoms with Crippen LogP contribution in [0.5, 0.6) is 0 Å². The molecule has 0 radical (unpaired) electrons. The van der Waals surface area contributed by atoms with Gasteiger partial charge in [0.05, 0.1) is 0 Å². The number of rotatable bonds is 2. The van der Waals surface area contributed by atoms with Crippen LogP contribution >= 0.6 is 0 Å². The Morgan fingerprint density at radius 3 is 2.40 bits per heavy atom. The number of nitrogens with zero attached hydrogens (tertiary/aromatic N) is 1. The fraction of sp³-hybridized carbons (Fsp3) is 0. The molecule has 0 bridgehead atoms. The van der Waals surface area contributed by atoms with Gasteiger partial charge in [-0.05, 0) is 0 Å². The van der Waals surface area contributed by atoms with Crippen molar-refractivity contribution in [1.29, 1.82) is 0 Å². The van der Waals surface area contributed by atoms with E-state index in [9.17, 15) is 4.21 Å². The summed E-state index contributed by atoms with van der Waals surface area (Å²) in [6.07, 6.45) is 3.04. The first-order valence-electron chi connectivity index (χ1n) is 2.55. The SMILES string of the molecule is O=S(O)O[n+]1ccccc1. The van der Waals surface area contributed by atoms with E-state index in [-0.39, 0.29) is 0 Å². The van der Waals surface area contributed by atoms with Crippen molar-refractivity contribution < 1.29 is 17.8 Å². The standard InChI is InChI=1S/C5H5NO3S/c7-10(8)9-6-4-2-1-3-5-6/h1-5H/p+1. The lowest BCUT2D eigenvalue weighted by Gasteiger charge is -1.86. The van der Waals surface area contributed by atoms with Crippen LogP contribution in [0.25, 0.3) is 0 Å². The summed E-state index contributed by atoms with van der Waals surface area (Å²) in [5, 5.41) is 0. The van der Waals surface area contributed by atoms with Gasteiger partial charge in [0.15, 0.2) is 0 Å². The van der Waals surface area contributed by atoms with E-state index < -0.39 is 11.4 Å². The van der Waals surface area contributed by atoms with Gasteiger partial charge in [-0.25, -0.2) is 0 Å². The highest BCUT2D eigenvalue weighted by Crippen LogP contribution is 1.74. The van der Waals surface area contributed by atoms with Crippen LogP contribution in [0.1, 0.15) is 0 Å². The van der Waals surface area contributed by atoms with Crippen molar-refractivity contribution >= 4 is 11.4 Å². The van der Waals surface area contributed by atoms with E-state index in [1.54, 1.807) is 18.2 Å². The zero-order valence-electron chi connectivity index (χ0n) is 5.01. The maximum Gasteiger partial charge on any atom is 0.421 e. The molecule has 0 saturated heterocycles. The highest BCUT2D eigenvalue weighted by atomic mass is 32.2. The van der Waals surface area contributed by atoms with Gasteiger partial charge >= 0.3 is 11.4 Å². The summed E-state index contributed by atoms with van der Waals surface area (Å²) >= 11 is -2.25. The molecule has 0 fully saturated rings. The molecular formula is C5H6NO3S+. The second-order valence-corrected chi connectivity index (χ2v) is 2.11. The molecule has 1 heterocycles. The molecule has 1 aromatic heterocycles. The Morgan fingerprint density at radius 2 is 1.90 bits per heavy atom. The van der Waals surface area contributed by atoms with Crippen molar-refractivity contribution in [3.8, 4) is 0 Å². The molecule has 0 aromatic carbocycles. The molecule has 1 aromatic rings. The molecule has 1 unspecified atom stereocenters. The lowest BCUT2D eigenvalue weighted by atomic mass is 10.5. The minimum Gasteiger partial charge on any atom is -0.270 e.